The van der Waals surface area contributed by atoms with Gasteiger partial charge in [0.1, 0.15) is 10.6 Å². The highest BCUT2D eigenvalue weighted by atomic mass is 32.1. The number of methoxy groups -OCH3 is 1. The van der Waals surface area contributed by atoms with E-state index in [1.54, 1.807) is 18.4 Å². The van der Waals surface area contributed by atoms with E-state index in [4.69, 9.17) is 14.5 Å². The van der Waals surface area contributed by atoms with Crippen LogP contribution in [0.15, 0.2) is 5.38 Å². The van der Waals surface area contributed by atoms with Crippen molar-refractivity contribution >= 4 is 11.3 Å². The van der Waals surface area contributed by atoms with Crippen LogP contribution in [0.1, 0.15) is 42.4 Å². The normalized spacial score (nSPS) is 27.5. The first-order chi connectivity index (χ1) is 8.84. The highest BCUT2D eigenvalue weighted by Crippen LogP contribution is 2.38. The number of nitrogens with one attached hydrogen (secondary N) is 1. The summed E-state index contributed by atoms with van der Waals surface area (Å²) in [5.41, 5.74) is 0.982. The number of thiazole rings is 1. The van der Waals surface area contributed by atoms with Crippen molar-refractivity contribution in [1.82, 2.24) is 10.3 Å². The standard InChI is InChI=1S/C13H20N2O2S/c1-16-13(4-7-17-8-5-13)12-15-11(9-18-12)10-3-2-6-14-10/h9-10,14H,2-8H2,1H3. The van der Waals surface area contributed by atoms with Gasteiger partial charge < -0.3 is 14.8 Å². The summed E-state index contributed by atoms with van der Waals surface area (Å²) in [4.78, 5) is 4.83. The van der Waals surface area contributed by atoms with Gasteiger partial charge in [-0.3, -0.25) is 0 Å². The zero-order chi connectivity index (χ0) is 12.4. The summed E-state index contributed by atoms with van der Waals surface area (Å²) in [7, 11) is 1.79. The molecule has 0 aliphatic carbocycles. The molecule has 3 rings (SSSR count). The van der Waals surface area contributed by atoms with Crippen molar-refractivity contribution in [3.8, 4) is 0 Å². The van der Waals surface area contributed by atoms with Crippen LogP contribution in [-0.4, -0.2) is 31.9 Å². The molecule has 2 fully saturated rings. The number of aromatic nitrogens is 1. The van der Waals surface area contributed by atoms with Crippen LogP contribution in [0.2, 0.25) is 0 Å². The Balaban J connectivity index is 1.82. The predicted molar refractivity (Wildman–Crippen MR) is 70.8 cm³/mol. The molecule has 0 amide bonds. The molecule has 0 radical (unpaired) electrons. The molecule has 18 heavy (non-hydrogen) atoms. The summed E-state index contributed by atoms with van der Waals surface area (Å²) in [6.45, 7) is 2.65. The van der Waals surface area contributed by atoms with E-state index in [0.717, 1.165) is 37.6 Å². The second kappa shape index (κ2) is 5.25. The van der Waals surface area contributed by atoms with Crippen LogP contribution in [0.3, 0.4) is 0 Å². The predicted octanol–water partition coefficient (Wildman–Crippen LogP) is 2.22. The van der Waals surface area contributed by atoms with Crippen LogP contribution in [0.4, 0.5) is 0 Å². The maximum absolute atomic E-state index is 5.79. The minimum Gasteiger partial charge on any atom is -0.381 e. The minimum absolute atomic E-state index is 0.209. The van der Waals surface area contributed by atoms with Crippen molar-refractivity contribution in [2.24, 2.45) is 0 Å². The SMILES string of the molecule is COC1(c2nc(C3CCCN3)cs2)CCOCC1. The monoisotopic (exact) mass is 268 g/mol. The lowest BCUT2D eigenvalue weighted by Crippen LogP contribution is -2.35. The van der Waals surface area contributed by atoms with Crippen LogP contribution in [0.5, 0.6) is 0 Å². The van der Waals surface area contributed by atoms with E-state index < -0.39 is 0 Å². The second-order valence-electron chi connectivity index (χ2n) is 5.04. The first-order valence-corrected chi connectivity index (χ1v) is 7.54. The summed E-state index contributed by atoms with van der Waals surface area (Å²) >= 11 is 1.73. The molecule has 3 heterocycles. The van der Waals surface area contributed by atoms with E-state index in [9.17, 15) is 0 Å². The second-order valence-corrected chi connectivity index (χ2v) is 5.90. The van der Waals surface area contributed by atoms with Gasteiger partial charge in [0.2, 0.25) is 0 Å². The van der Waals surface area contributed by atoms with Gasteiger partial charge in [-0.25, -0.2) is 4.98 Å². The molecule has 1 atom stereocenters. The molecule has 100 valence electrons. The van der Waals surface area contributed by atoms with Gasteiger partial charge in [0.25, 0.3) is 0 Å². The van der Waals surface area contributed by atoms with E-state index >= 15 is 0 Å². The van der Waals surface area contributed by atoms with Crippen molar-refractivity contribution in [2.75, 3.05) is 26.9 Å². The zero-order valence-corrected chi connectivity index (χ0v) is 11.6. The van der Waals surface area contributed by atoms with Crippen LogP contribution in [0, 0.1) is 0 Å². The van der Waals surface area contributed by atoms with Crippen molar-refractivity contribution in [2.45, 2.75) is 37.3 Å². The maximum atomic E-state index is 5.79. The van der Waals surface area contributed by atoms with Gasteiger partial charge in [0.15, 0.2) is 0 Å². The highest BCUT2D eigenvalue weighted by molar-refractivity contribution is 7.09. The molecule has 5 heteroatoms. The lowest BCUT2D eigenvalue weighted by Gasteiger charge is -2.33. The molecule has 2 aliphatic heterocycles. The molecule has 0 spiro atoms. The fourth-order valence-electron chi connectivity index (χ4n) is 2.80. The Morgan fingerprint density at radius 2 is 2.33 bits per heavy atom. The Labute approximate surface area is 112 Å². The molecule has 1 N–H and O–H groups in total. The third-order valence-corrected chi connectivity index (χ3v) is 5.07. The lowest BCUT2D eigenvalue weighted by molar-refractivity contribution is -0.0949. The van der Waals surface area contributed by atoms with Gasteiger partial charge in [0, 0.05) is 38.5 Å². The number of hydrogen-bond acceptors (Lipinski definition) is 5. The van der Waals surface area contributed by atoms with Gasteiger partial charge >= 0.3 is 0 Å². The number of nitrogens with zero attached hydrogens (tertiary/aromatic N) is 1. The van der Waals surface area contributed by atoms with Gasteiger partial charge in [-0.2, -0.15) is 0 Å². The topological polar surface area (TPSA) is 43.4 Å². The smallest absolute Gasteiger partial charge is 0.125 e. The van der Waals surface area contributed by atoms with E-state index in [1.165, 1.54) is 18.5 Å². The molecule has 4 nitrogen and oxygen atoms in total. The van der Waals surface area contributed by atoms with Crippen LogP contribution in [0.25, 0.3) is 0 Å². The van der Waals surface area contributed by atoms with Gasteiger partial charge in [-0.1, -0.05) is 0 Å². The largest absolute Gasteiger partial charge is 0.381 e. The van der Waals surface area contributed by atoms with E-state index in [1.807, 2.05) is 0 Å². The number of rotatable bonds is 3. The Kier molecular flexibility index (Phi) is 3.66. The molecule has 2 aliphatic rings. The third-order valence-electron chi connectivity index (χ3n) is 4.02. The Morgan fingerprint density at radius 3 is 3.00 bits per heavy atom. The van der Waals surface area contributed by atoms with Crippen molar-refractivity contribution in [1.29, 1.82) is 0 Å². The first kappa shape index (κ1) is 12.5. The molecule has 0 aromatic carbocycles. The van der Waals surface area contributed by atoms with Crippen molar-refractivity contribution in [3.05, 3.63) is 16.1 Å². The summed E-state index contributed by atoms with van der Waals surface area (Å²) in [6, 6.07) is 0.448. The van der Waals surface area contributed by atoms with E-state index in [0.29, 0.717) is 6.04 Å². The fourth-order valence-corrected chi connectivity index (χ4v) is 3.91. The molecule has 1 aromatic rings. The van der Waals surface area contributed by atoms with Crippen LogP contribution in [-0.2, 0) is 15.1 Å². The summed E-state index contributed by atoms with van der Waals surface area (Å²) in [5.74, 6) is 0. The van der Waals surface area contributed by atoms with Gasteiger partial charge in [0.05, 0.1) is 11.7 Å². The number of ether oxygens (including phenoxy) is 2. The van der Waals surface area contributed by atoms with Crippen molar-refractivity contribution in [3.63, 3.8) is 0 Å². The summed E-state index contributed by atoms with van der Waals surface area (Å²) in [6.07, 6.45) is 4.27. The average molecular weight is 268 g/mol. The first-order valence-electron chi connectivity index (χ1n) is 6.66. The molecule has 0 saturated carbocycles. The van der Waals surface area contributed by atoms with Crippen molar-refractivity contribution < 1.29 is 9.47 Å². The van der Waals surface area contributed by atoms with E-state index in [-0.39, 0.29) is 5.60 Å². The molecular formula is C13H20N2O2S. The Morgan fingerprint density at radius 1 is 1.50 bits per heavy atom. The van der Waals surface area contributed by atoms with Crippen LogP contribution >= 0.6 is 11.3 Å². The Hall–Kier alpha value is -0.490. The zero-order valence-electron chi connectivity index (χ0n) is 10.8. The Bertz CT molecular complexity index is 395. The maximum Gasteiger partial charge on any atom is 0.125 e. The highest BCUT2D eigenvalue weighted by Gasteiger charge is 2.37. The molecule has 1 aromatic heterocycles. The summed E-state index contributed by atoms with van der Waals surface area (Å²) in [5, 5.41) is 6.81. The quantitative estimate of drug-likeness (QED) is 0.913. The minimum atomic E-state index is -0.209. The molecule has 0 bridgehead atoms. The van der Waals surface area contributed by atoms with Gasteiger partial charge in [-0.05, 0) is 19.4 Å². The fraction of sp³-hybridized carbons (Fsp3) is 0.769. The van der Waals surface area contributed by atoms with Gasteiger partial charge in [-0.15, -0.1) is 11.3 Å². The summed E-state index contributed by atoms with van der Waals surface area (Å²) < 4.78 is 11.2. The third kappa shape index (κ3) is 2.20. The lowest BCUT2D eigenvalue weighted by atomic mass is 9.95. The molecular weight excluding hydrogens is 248 g/mol. The van der Waals surface area contributed by atoms with E-state index in [2.05, 4.69) is 10.7 Å². The van der Waals surface area contributed by atoms with Crippen LogP contribution < -0.4 is 5.32 Å². The molecule has 2 saturated heterocycles. The average Bonchev–Trinajstić information content (AvgIpc) is 3.10. The molecule has 1 unspecified atom stereocenters. The number of hydrogen-bond donors (Lipinski definition) is 1.